The molecule has 0 saturated carbocycles. The van der Waals surface area contributed by atoms with E-state index < -0.39 is 79.1 Å². The fraction of sp³-hybridized carbons (Fsp3) is 0.447. The standard InChI is InChI=1S/C38H52N6O7/c1-37(2,3)31(41-35(48)50-7)33(46)40-29(22-25-14-10-9-11-15-25)30(45)24-44(43-34(47)32(38(4,5)6)42-36(49)51-8)23-26-17-19-27(20-18-26)28-16-12-13-21-39-28/h9-21,29-32,45H,22-24H2,1-8H3,(H,40,46)(H,41,48)(H,42,49)(H,43,47)/t29-,30-,31+,32+/m0/s1/i8D3,23D2. The molecule has 5 N–H and O–H groups in total. The number of carbonyl (C=O) groups excluding carboxylic acids is 4. The summed E-state index contributed by atoms with van der Waals surface area (Å²) in [6.45, 7) is 6.79. The predicted molar refractivity (Wildman–Crippen MR) is 194 cm³/mol. The number of hydrazine groups is 1. The summed E-state index contributed by atoms with van der Waals surface area (Å²) in [5.41, 5.74) is 2.73. The van der Waals surface area contributed by atoms with Crippen LogP contribution in [-0.4, -0.2) is 84.0 Å². The molecule has 0 aliphatic carbocycles. The molecule has 13 nitrogen and oxygen atoms in total. The highest BCUT2D eigenvalue weighted by Crippen LogP contribution is 2.23. The van der Waals surface area contributed by atoms with E-state index in [0.717, 1.165) is 12.1 Å². The normalized spacial score (nSPS) is 16.0. The van der Waals surface area contributed by atoms with Gasteiger partial charge in [-0.1, -0.05) is 102 Å². The Morgan fingerprint density at radius 1 is 0.804 bits per heavy atom. The molecular weight excluding hydrogens is 652 g/mol. The zero-order chi connectivity index (χ0) is 42.1. The largest absolute Gasteiger partial charge is 0.453 e. The summed E-state index contributed by atoms with van der Waals surface area (Å²) in [5.74, 6) is -1.61. The molecule has 3 aromatic rings. The van der Waals surface area contributed by atoms with Crippen molar-refractivity contribution in [2.45, 2.75) is 78.7 Å². The van der Waals surface area contributed by atoms with Crippen LogP contribution >= 0.6 is 0 Å². The summed E-state index contributed by atoms with van der Waals surface area (Å²) < 4.78 is 49.6. The molecule has 0 radical (unpaired) electrons. The Bertz CT molecular complexity index is 1770. The van der Waals surface area contributed by atoms with Crippen molar-refractivity contribution in [3.8, 4) is 11.3 Å². The van der Waals surface area contributed by atoms with Gasteiger partial charge >= 0.3 is 12.2 Å². The summed E-state index contributed by atoms with van der Waals surface area (Å²) in [4.78, 5) is 57.0. The number of pyridine rings is 1. The van der Waals surface area contributed by atoms with Crippen LogP contribution in [0.25, 0.3) is 11.3 Å². The van der Waals surface area contributed by atoms with Crippen LogP contribution in [0.2, 0.25) is 0 Å². The third kappa shape index (κ3) is 12.7. The van der Waals surface area contributed by atoms with Crippen molar-refractivity contribution in [1.82, 2.24) is 31.4 Å². The van der Waals surface area contributed by atoms with E-state index in [2.05, 4.69) is 31.1 Å². The average molecular weight is 710 g/mol. The van der Waals surface area contributed by atoms with Crippen molar-refractivity contribution in [1.29, 1.82) is 0 Å². The second-order valence-corrected chi connectivity index (χ2v) is 14.1. The van der Waals surface area contributed by atoms with E-state index in [-0.39, 0.29) is 12.0 Å². The van der Waals surface area contributed by atoms with Gasteiger partial charge in [0.1, 0.15) is 12.1 Å². The summed E-state index contributed by atoms with van der Waals surface area (Å²) in [7, 11) is -1.94. The molecule has 0 aliphatic heterocycles. The van der Waals surface area contributed by atoms with Gasteiger partial charge in [0.15, 0.2) is 0 Å². The van der Waals surface area contributed by atoms with Gasteiger partial charge in [-0.05, 0) is 40.5 Å². The van der Waals surface area contributed by atoms with Gasteiger partial charge in [0.25, 0.3) is 5.91 Å². The fourth-order valence-electron chi connectivity index (χ4n) is 5.13. The number of ether oxygens (including phenoxy) is 2. The van der Waals surface area contributed by atoms with Crippen LogP contribution in [-0.2, 0) is 32.0 Å². The van der Waals surface area contributed by atoms with Gasteiger partial charge in [-0.25, -0.2) is 14.6 Å². The number of rotatable bonds is 14. The zero-order valence-electron chi connectivity index (χ0n) is 35.0. The first kappa shape index (κ1) is 33.2. The first-order valence-corrected chi connectivity index (χ1v) is 16.4. The van der Waals surface area contributed by atoms with E-state index >= 15 is 0 Å². The predicted octanol–water partition coefficient (Wildman–Crippen LogP) is 4.21. The smallest absolute Gasteiger partial charge is 0.407 e. The Morgan fingerprint density at radius 3 is 1.94 bits per heavy atom. The average Bonchev–Trinajstić information content (AvgIpc) is 3.11. The van der Waals surface area contributed by atoms with Crippen molar-refractivity contribution >= 4 is 24.0 Å². The van der Waals surface area contributed by atoms with Gasteiger partial charge in [-0.15, -0.1) is 0 Å². The summed E-state index contributed by atoms with van der Waals surface area (Å²) in [6.07, 6.45) is -2.16. The maximum atomic E-state index is 14.0. The molecular formula is C38H52N6O7. The highest BCUT2D eigenvalue weighted by Gasteiger charge is 2.37. The molecule has 2 aromatic carbocycles. The van der Waals surface area contributed by atoms with Gasteiger partial charge in [0.05, 0.1) is 38.8 Å². The Hall–Kier alpha value is -5.01. The quantitative estimate of drug-likeness (QED) is 0.154. The lowest BCUT2D eigenvalue weighted by Crippen LogP contribution is -2.60. The first-order valence-electron chi connectivity index (χ1n) is 18.9. The Kier molecular flexibility index (Phi) is 11.9. The van der Waals surface area contributed by atoms with E-state index in [4.69, 9.17) is 8.85 Å². The third-order valence-electron chi connectivity index (χ3n) is 7.87. The minimum atomic E-state index is -3.10. The van der Waals surface area contributed by atoms with E-state index in [9.17, 15) is 27.0 Å². The second kappa shape index (κ2) is 18.3. The number of nitrogens with one attached hydrogen (secondary N) is 4. The molecule has 276 valence electrons. The van der Waals surface area contributed by atoms with Crippen LogP contribution in [0, 0.1) is 10.8 Å². The number of aliphatic hydroxyl groups excluding tert-OH is 1. The number of amides is 4. The minimum Gasteiger partial charge on any atom is -0.453 e. The highest BCUT2D eigenvalue weighted by atomic mass is 16.5. The minimum absolute atomic E-state index is 0.0551. The maximum Gasteiger partial charge on any atom is 0.407 e. The van der Waals surface area contributed by atoms with E-state index in [0.29, 0.717) is 16.8 Å². The van der Waals surface area contributed by atoms with E-state index in [1.807, 2.05) is 6.07 Å². The molecule has 1 aromatic heterocycles. The van der Waals surface area contributed by atoms with Crippen LogP contribution in [0.1, 0.15) is 59.5 Å². The van der Waals surface area contributed by atoms with E-state index in [1.165, 1.54) is 12.1 Å². The molecule has 3 rings (SSSR count). The van der Waals surface area contributed by atoms with Crippen LogP contribution in [0.3, 0.4) is 0 Å². The molecule has 0 aliphatic rings. The Morgan fingerprint density at radius 2 is 1.39 bits per heavy atom. The molecule has 4 amide bonds. The molecule has 4 atom stereocenters. The highest BCUT2D eigenvalue weighted by molar-refractivity contribution is 5.87. The molecule has 0 unspecified atom stereocenters. The molecule has 0 saturated heterocycles. The Balaban J connectivity index is 2.07. The van der Waals surface area contributed by atoms with Gasteiger partial charge in [-0.2, -0.15) is 0 Å². The molecule has 0 bridgehead atoms. The van der Waals surface area contributed by atoms with Crippen molar-refractivity contribution in [3.05, 3.63) is 90.1 Å². The van der Waals surface area contributed by atoms with Crippen LogP contribution in [0.5, 0.6) is 0 Å². The molecule has 13 heteroatoms. The lowest BCUT2D eigenvalue weighted by atomic mass is 9.85. The van der Waals surface area contributed by atoms with Gasteiger partial charge in [-0.3, -0.25) is 20.0 Å². The zero-order valence-corrected chi connectivity index (χ0v) is 30.0. The number of hydrogen-bond acceptors (Lipinski definition) is 9. The lowest BCUT2D eigenvalue weighted by Gasteiger charge is -2.35. The maximum absolute atomic E-state index is 14.0. The molecule has 51 heavy (non-hydrogen) atoms. The first-order chi connectivity index (χ1) is 25.9. The number of aliphatic hydroxyl groups is 1. The fourth-order valence-corrected chi connectivity index (χ4v) is 5.13. The number of nitrogens with zero attached hydrogens (tertiary/aromatic N) is 2. The molecule has 0 spiro atoms. The third-order valence-corrected chi connectivity index (χ3v) is 7.87. The van der Waals surface area contributed by atoms with Crippen molar-refractivity contribution in [2.75, 3.05) is 20.7 Å². The van der Waals surface area contributed by atoms with E-state index in [1.54, 1.807) is 102 Å². The van der Waals surface area contributed by atoms with Gasteiger partial charge in [0, 0.05) is 24.8 Å². The van der Waals surface area contributed by atoms with Crippen LogP contribution in [0.4, 0.5) is 9.59 Å². The number of aromatic nitrogens is 1. The van der Waals surface area contributed by atoms with Gasteiger partial charge < -0.3 is 30.5 Å². The van der Waals surface area contributed by atoms with Crippen molar-refractivity contribution < 1.29 is 40.6 Å². The number of methoxy groups -OCH3 is 2. The summed E-state index contributed by atoms with van der Waals surface area (Å²) >= 11 is 0. The molecule has 1 heterocycles. The topological polar surface area (TPSA) is 171 Å². The Labute approximate surface area is 307 Å². The van der Waals surface area contributed by atoms with Gasteiger partial charge in [0.2, 0.25) is 5.91 Å². The summed E-state index contributed by atoms with van der Waals surface area (Å²) in [5, 5.41) is 20.4. The van der Waals surface area contributed by atoms with Crippen molar-refractivity contribution in [2.24, 2.45) is 10.8 Å². The van der Waals surface area contributed by atoms with Crippen LogP contribution < -0.4 is 21.4 Å². The number of hydrogen-bond donors (Lipinski definition) is 5. The van der Waals surface area contributed by atoms with Crippen molar-refractivity contribution in [3.63, 3.8) is 0 Å². The number of alkyl carbamates (subject to hydrolysis) is 2. The summed E-state index contributed by atoms with van der Waals surface area (Å²) in [6, 6.07) is 16.9. The second-order valence-electron chi connectivity index (χ2n) is 14.1. The molecule has 0 fully saturated rings. The monoisotopic (exact) mass is 709 g/mol. The SMILES string of the molecule is [2H]C([2H])([2H])OC(=O)N[C@H](C(=O)NN(C[C@H](O)[C@H](Cc1ccccc1)NC(=O)[C@@H](NC(=O)OC)C(C)(C)C)C([2H])([2H])c1ccc(-c2ccccn2)cc1)C(C)(C)C. The lowest BCUT2D eigenvalue weighted by molar-refractivity contribution is -0.132. The number of benzene rings is 2. The number of carbonyl (C=O) groups is 4. The van der Waals surface area contributed by atoms with Crippen LogP contribution in [0.15, 0.2) is 79.0 Å².